The molecular weight excluding hydrogens is 347 g/mol. The maximum atomic E-state index is 14.3. The highest BCUT2D eigenvalue weighted by Gasteiger charge is 2.16. The number of ether oxygens (including phenoxy) is 1. The number of anilines is 2. The number of carbonyl (C=O) groups excluding carboxylic acids is 1. The van der Waals surface area contributed by atoms with E-state index in [1.54, 1.807) is 23.0 Å². The maximum absolute atomic E-state index is 14.3. The van der Waals surface area contributed by atoms with Gasteiger partial charge in [0.15, 0.2) is 0 Å². The van der Waals surface area contributed by atoms with Crippen LogP contribution in [0.2, 0.25) is 0 Å². The fourth-order valence-corrected chi connectivity index (χ4v) is 3.26. The van der Waals surface area contributed by atoms with Crippen LogP contribution >= 0.6 is 0 Å². The van der Waals surface area contributed by atoms with E-state index in [4.69, 9.17) is 4.74 Å². The van der Waals surface area contributed by atoms with Crippen molar-refractivity contribution in [3.8, 4) is 0 Å². The molecule has 0 aliphatic carbocycles. The standard InChI is InChI=1S/C20H21FN4O2/c21-16-10-14(7-8-17(16)22-11-15-4-3-9-27-15)24-20(26)12-25-13-23-18-5-1-2-6-19(18)25/h1-2,5-8,10,13,15,22H,3-4,9,11-12H2,(H,24,26)/t15-/m1/s1. The van der Waals surface area contributed by atoms with Gasteiger partial charge in [-0.15, -0.1) is 0 Å². The minimum absolute atomic E-state index is 0.112. The molecule has 1 aromatic heterocycles. The lowest BCUT2D eigenvalue weighted by Gasteiger charge is -2.13. The molecule has 140 valence electrons. The average Bonchev–Trinajstić information content (AvgIpc) is 3.31. The zero-order chi connectivity index (χ0) is 18.6. The maximum Gasteiger partial charge on any atom is 0.244 e. The Hall–Kier alpha value is -2.93. The Morgan fingerprint density at radius 1 is 1.30 bits per heavy atom. The van der Waals surface area contributed by atoms with Gasteiger partial charge in [-0.3, -0.25) is 4.79 Å². The number of hydrogen-bond donors (Lipinski definition) is 2. The highest BCUT2D eigenvalue weighted by Crippen LogP contribution is 2.21. The third-order valence-electron chi connectivity index (χ3n) is 4.64. The summed E-state index contributed by atoms with van der Waals surface area (Å²) < 4.78 is 21.6. The van der Waals surface area contributed by atoms with Crippen molar-refractivity contribution < 1.29 is 13.9 Å². The van der Waals surface area contributed by atoms with Crippen molar-refractivity contribution in [1.82, 2.24) is 9.55 Å². The van der Waals surface area contributed by atoms with Gasteiger partial charge >= 0.3 is 0 Å². The first-order valence-electron chi connectivity index (χ1n) is 9.04. The third-order valence-corrected chi connectivity index (χ3v) is 4.64. The Kier molecular flexibility index (Phi) is 5.02. The second kappa shape index (κ2) is 7.75. The Bertz CT molecular complexity index is 950. The zero-order valence-corrected chi connectivity index (χ0v) is 14.8. The van der Waals surface area contributed by atoms with Crippen molar-refractivity contribution in [2.75, 3.05) is 23.8 Å². The van der Waals surface area contributed by atoms with Gasteiger partial charge in [0, 0.05) is 18.8 Å². The zero-order valence-electron chi connectivity index (χ0n) is 14.8. The molecule has 1 fully saturated rings. The predicted molar refractivity (Wildman–Crippen MR) is 102 cm³/mol. The van der Waals surface area contributed by atoms with Crippen molar-refractivity contribution >= 4 is 28.3 Å². The molecule has 1 aliphatic rings. The van der Waals surface area contributed by atoms with E-state index in [0.717, 1.165) is 30.5 Å². The summed E-state index contributed by atoms with van der Waals surface area (Å²) >= 11 is 0. The van der Waals surface area contributed by atoms with Crippen LogP contribution in [0.15, 0.2) is 48.8 Å². The van der Waals surface area contributed by atoms with E-state index in [1.165, 1.54) is 6.07 Å². The predicted octanol–water partition coefficient (Wildman–Crippen LogP) is 3.41. The van der Waals surface area contributed by atoms with Crippen LogP contribution in [0.4, 0.5) is 15.8 Å². The molecule has 1 atom stereocenters. The molecule has 1 aliphatic heterocycles. The summed E-state index contributed by atoms with van der Waals surface area (Å²) in [7, 11) is 0. The van der Waals surface area contributed by atoms with Crippen LogP contribution in [-0.2, 0) is 16.1 Å². The largest absolute Gasteiger partial charge is 0.380 e. The number of nitrogens with zero attached hydrogens (tertiary/aromatic N) is 2. The lowest BCUT2D eigenvalue weighted by molar-refractivity contribution is -0.116. The summed E-state index contributed by atoms with van der Waals surface area (Å²) in [5, 5.41) is 5.80. The SMILES string of the molecule is O=C(Cn1cnc2ccccc21)Nc1ccc(NC[C@H]2CCCO2)c(F)c1. The first-order valence-corrected chi connectivity index (χ1v) is 9.04. The summed E-state index contributed by atoms with van der Waals surface area (Å²) in [6, 6.07) is 12.2. The number of amides is 1. The van der Waals surface area contributed by atoms with Gasteiger partial charge in [-0.05, 0) is 43.2 Å². The van der Waals surface area contributed by atoms with E-state index >= 15 is 0 Å². The monoisotopic (exact) mass is 368 g/mol. The van der Waals surface area contributed by atoms with E-state index in [0.29, 0.717) is 17.9 Å². The Labute approximate surface area is 156 Å². The Morgan fingerprint density at radius 2 is 2.19 bits per heavy atom. The van der Waals surface area contributed by atoms with Gasteiger partial charge < -0.3 is 19.9 Å². The van der Waals surface area contributed by atoms with E-state index in [9.17, 15) is 9.18 Å². The number of imidazole rings is 1. The second-order valence-electron chi connectivity index (χ2n) is 6.62. The fourth-order valence-electron chi connectivity index (χ4n) is 3.26. The minimum Gasteiger partial charge on any atom is -0.380 e. The number of aromatic nitrogens is 2. The Morgan fingerprint density at radius 3 is 3.00 bits per heavy atom. The molecular formula is C20H21FN4O2. The third kappa shape index (κ3) is 4.09. The number of fused-ring (bicyclic) bond motifs is 1. The molecule has 7 heteroatoms. The average molecular weight is 368 g/mol. The number of benzene rings is 2. The number of nitrogens with one attached hydrogen (secondary N) is 2. The van der Waals surface area contributed by atoms with Crippen molar-refractivity contribution in [3.63, 3.8) is 0 Å². The molecule has 1 amide bonds. The molecule has 0 spiro atoms. The summed E-state index contributed by atoms with van der Waals surface area (Å²) in [6.45, 7) is 1.46. The van der Waals surface area contributed by atoms with Gasteiger partial charge in [-0.2, -0.15) is 0 Å². The summed E-state index contributed by atoms with van der Waals surface area (Å²) in [6.07, 6.45) is 3.80. The first-order chi connectivity index (χ1) is 13.2. The normalized spacial score (nSPS) is 16.6. The Balaban J connectivity index is 1.37. The number of halogens is 1. The molecule has 0 saturated carbocycles. The van der Waals surface area contributed by atoms with Crippen LogP contribution in [0.25, 0.3) is 11.0 Å². The van der Waals surface area contributed by atoms with Crippen molar-refractivity contribution in [2.45, 2.75) is 25.5 Å². The minimum atomic E-state index is -0.404. The van der Waals surface area contributed by atoms with Crippen LogP contribution in [0.3, 0.4) is 0 Å². The van der Waals surface area contributed by atoms with Gasteiger partial charge in [-0.1, -0.05) is 12.1 Å². The van der Waals surface area contributed by atoms with Crippen LogP contribution < -0.4 is 10.6 Å². The van der Waals surface area contributed by atoms with E-state index < -0.39 is 5.82 Å². The highest BCUT2D eigenvalue weighted by molar-refractivity contribution is 5.91. The molecule has 4 rings (SSSR count). The smallest absolute Gasteiger partial charge is 0.244 e. The molecule has 2 aromatic carbocycles. The summed E-state index contributed by atoms with van der Waals surface area (Å²) in [4.78, 5) is 16.6. The first kappa shape index (κ1) is 17.5. The van der Waals surface area contributed by atoms with Gasteiger partial charge in [0.25, 0.3) is 0 Å². The summed E-state index contributed by atoms with van der Waals surface area (Å²) in [5.41, 5.74) is 2.54. The molecule has 27 heavy (non-hydrogen) atoms. The van der Waals surface area contributed by atoms with E-state index in [2.05, 4.69) is 15.6 Å². The molecule has 6 nitrogen and oxygen atoms in total. The van der Waals surface area contributed by atoms with Gasteiger partial charge in [0.2, 0.25) is 5.91 Å². The topological polar surface area (TPSA) is 68.2 Å². The van der Waals surface area contributed by atoms with Crippen molar-refractivity contribution in [1.29, 1.82) is 0 Å². The fraction of sp³-hybridized carbons (Fsp3) is 0.300. The van der Waals surface area contributed by atoms with Crippen LogP contribution in [0, 0.1) is 5.82 Å². The quantitative estimate of drug-likeness (QED) is 0.700. The number of carbonyl (C=O) groups is 1. The van der Waals surface area contributed by atoms with Crippen molar-refractivity contribution in [2.24, 2.45) is 0 Å². The lowest BCUT2D eigenvalue weighted by Crippen LogP contribution is -2.20. The molecule has 3 aromatic rings. The number of hydrogen-bond acceptors (Lipinski definition) is 4. The van der Waals surface area contributed by atoms with E-state index in [1.807, 2.05) is 24.3 Å². The van der Waals surface area contributed by atoms with Gasteiger partial charge in [0.1, 0.15) is 12.4 Å². The molecule has 0 unspecified atom stereocenters. The van der Waals surface area contributed by atoms with Gasteiger partial charge in [0.05, 0.1) is 29.2 Å². The van der Waals surface area contributed by atoms with Crippen LogP contribution in [0.1, 0.15) is 12.8 Å². The molecule has 2 N–H and O–H groups in total. The highest BCUT2D eigenvalue weighted by atomic mass is 19.1. The molecule has 2 heterocycles. The van der Waals surface area contributed by atoms with Crippen LogP contribution in [0.5, 0.6) is 0 Å². The number of rotatable bonds is 6. The molecule has 1 saturated heterocycles. The number of para-hydroxylation sites is 2. The molecule has 0 bridgehead atoms. The van der Waals surface area contributed by atoms with Gasteiger partial charge in [-0.25, -0.2) is 9.37 Å². The lowest BCUT2D eigenvalue weighted by atomic mass is 10.2. The van der Waals surface area contributed by atoms with Crippen LogP contribution in [-0.4, -0.2) is 34.7 Å². The van der Waals surface area contributed by atoms with Crippen molar-refractivity contribution in [3.05, 3.63) is 54.6 Å². The molecule has 0 radical (unpaired) electrons. The summed E-state index contributed by atoms with van der Waals surface area (Å²) in [5.74, 6) is -0.642. The second-order valence-corrected chi connectivity index (χ2v) is 6.62. The van der Waals surface area contributed by atoms with E-state index in [-0.39, 0.29) is 18.6 Å².